The highest BCUT2D eigenvalue weighted by Gasteiger charge is 2.13. The molecule has 1 aromatic heterocycles. The molecule has 0 radical (unpaired) electrons. The van der Waals surface area contributed by atoms with Gasteiger partial charge in [-0.25, -0.2) is 4.98 Å². The lowest BCUT2D eigenvalue weighted by Crippen LogP contribution is -2.27. The summed E-state index contributed by atoms with van der Waals surface area (Å²) in [5, 5.41) is 1.11. The minimum absolute atomic E-state index is 0.0639. The Labute approximate surface area is 172 Å². The maximum atomic E-state index is 6.19. The minimum Gasteiger partial charge on any atom is -0.489 e. The second kappa shape index (κ2) is 13.0. The van der Waals surface area contributed by atoms with E-state index >= 15 is 0 Å². The molecule has 0 saturated heterocycles. The first kappa shape index (κ1) is 22.1. The number of halogens is 2. The summed E-state index contributed by atoms with van der Waals surface area (Å²) in [6.45, 7) is 4.11. The third-order valence-corrected chi connectivity index (χ3v) is 4.92. The zero-order valence-corrected chi connectivity index (χ0v) is 17.6. The van der Waals surface area contributed by atoms with E-state index in [4.69, 9.17) is 32.7 Å². The molecule has 0 fully saturated rings. The minimum atomic E-state index is -0.0639. The topological polar surface area (TPSA) is 36.3 Å². The molecule has 0 N–H and O–H groups in total. The van der Waals surface area contributed by atoms with Crippen LogP contribution in [0.2, 0.25) is 10.0 Å². The fourth-order valence-electron chi connectivity index (χ4n) is 2.87. The van der Waals surface area contributed by atoms with Gasteiger partial charge in [-0.15, -0.1) is 0 Å². The van der Waals surface area contributed by atoms with Crippen molar-refractivity contribution in [3.05, 3.63) is 47.0 Å². The van der Waals surface area contributed by atoms with E-state index in [2.05, 4.69) is 11.9 Å². The lowest BCUT2D eigenvalue weighted by molar-refractivity contribution is 0.00810. The van der Waals surface area contributed by atoms with Crippen molar-refractivity contribution in [3.8, 4) is 5.75 Å². The van der Waals surface area contributed by atoms with Gasteiger partial charge in [0.15, 0.2) is 0 Å². The molecule has 1 unspecified atom stereocenters. The predicted molar refractivity (Wildman–Crippen MR) is 112 cm³/mol. The van der Waals surface area contributed by atoms with E-state index in [9.17, 15) is 0 Å². The van der Waals surface area contributed by atoms with Crippen molar-refractivity contribution in [3.63, 3.8) is 0 Å². The van der Waals surface area contributed by atoms with Crippen LogP contribution in [0.25, 0.3) is 0 Å². The number of hydrogen-bond donors (Lipinski definition) is 0. The third kappa shape index (κ3) is 9.00. The van der Waals surface area contributed by atoms with Crippen molar-refractivity contribution in [2.45, 2.75) is 64.5 Å². The quantitative estimate of drug-likeness (QED) is 0.336. The van der Waals surface area contributed by atoms with Crippen LogP contribution in [0.5, 0.6) is 5.75 Å². The number of ether oxygens (including phenoxy) is 2. The zero-order valence-electron chi connectivity index (χ0n) is 16.1. The molecular weight excluding hydrogens is 383 g/mol. The molecule has 2 aromatic rings. The van der Waals surface area contributed by atoms with Crippen LogP contribution in [0.15, 0.2) is 36.9 Å². The number of nitrogens with zero attached hydrogens (tertiary/aromatic N) is 2. The van der Waals surface area contributed by atoms with Crippen molar-refractivity contribution < 1.29 is 9.47 Å². The second-order valence-electron chi connectivity index (χ2n) is 6.76. The molecule has 0 aliphatic carbocycles. The maximum Gasteiger partial charge on any atom is 0.138 e. The molecule has 0 spiro atoms. The van der Waals surface area contributed by atoms with E-state index in [1.54, 1.807) is 30.7 Å². The standard InChI is InChI=1S/C21H30Cl2N2O2/c1-2-3-4-5-6-7-8-13-26-19(15-25-12-11-24-17-25)16-27-21-10-9-18(22)14-20(21)23/h9-12,14,17,19H,2-8,13,15-16H2,1H3. The predicted octanol–water partition coefficient (Wildman–Crippen LogP) is 6.40. The average Bonchev–Trinajstić information content (AvgIpc) is 3.16. The molecular formula is C21H30Cl2N2O2. The lowest BCUT2D eigenvalue weighted by Gasteiger charge is -2.19. The van der Waals surface area contributed by atoms with Crippen molar-refractivity contribution in [2.75, 3.05) is 13.2 Å². The Morgan fingerprint density at radius 3 is 2.56 bits per heavy atom. The fourth-order valence-corrected chi connectivity index (χ4v) is 3.33. The highest BCUT2D eigenvalue weighted by atomic mass is 35.5. The molecule has 0 aliphatic rings. The van der Waals surface area contributed by atoms with Crippen LogP contribution in [0.4, 0.5) is 0 Å². The van der Waals surface area contributed by atoms with Crippen LogP contribution in [0, 0.1) is 0 Å². The van der Waals surface area contributed by atoms with E-state index in [0.717, 1.165) is 13.0 Å². The fraction of sp³-hybridized carbons (Fsp3) is 0.571. The number of unbranched alkanes of at least 4 members (excludes halogenated alkanes) is 6. The summed E-state index contributed by atoms with van der Waals surface area (Å²) in [4.78, 5) is 4.09. The molecule has 150 valence electrons. The summed E-state index contributed by atoms with van der Waals surface area (Å²) in [7, 11) is 0. The van der Waals surface area contributed by atoms with Crippen LogP contribution in [-0.2, 0) is 11.3 Å². The molecule has 1 heterocycles. The molecule has 0 amide bonds. The molecule has 1 aromatic carbocycles. The normalized spacial score (nSPS) is 12.3. The van der Waals surface area contributed by atoms with E-state index in [-0.39, 0.29) is 6.10 Å². The van der Waals surface area contributed by atoms with Crippen molar-refractivity contribution >= 4 is 23.2 Å². The molecule has 2 rings (SSSR count). The lowest BCUT2D eigenvalue weighted by atomic mass is 10.1. The molecule has 0 aliphatic heterocycles. The monoisotopic (exact) mass is 412 g/mol. The van der Waals surface area contributed by atoms with Crippen LogP contribution in [0.3, 0.4) is 0 Å². The zero-order chi connectivity index (χ0) is 19.3. The third-order valence-electron chi connectivity index (χ3n) is 4.39. The van der Waals surface area contributed by atoms with Gasteiger partial charge in [0, 0.05) is 24.0 Å². The Hall–Kier alpha value is -1.23. The van der Waals surface area contributed by atoms with Gasteiger partial charge in [0.05, 0.1) is 17.9 Å². The largest absolute Gasteiger partial charge is 0.489 e. The average molecular weight is 413 g/mol. The summed E-state index contributed by atoms with van der Waals surface area (Å²) in [5.41, 5.74) is 0. The van der Waals surface area contributed by atoms with Gasteiger partial charge in [0.2, 0.25) is 0 Å². The van der Waals surface area contributed by atoms with Crippen LogP contribution in [-0.4, -0.2) is 28.9 Å². The highest BCUT2D eigenvalue weighted by molar-refractivity contribution is 6.35. The van der Waals surface area contributed by atoms with Gasteiger partial charge in [-0.1, -0.05) is 68.7 Å². The Morgan fingerprint density at radius 2 is 1.85 bits per heavy atom. The molecule has 1 atom stereocenters. The SMILES string of the molecule is CCCCCCCCCOC(COc1ccc(Cl)cc1Cl)Cn1ccnc1. The Morgan fingerprint density at radius 1 is 1.07 bits per heavy atom. The Balaban J connectivity index is 1.75. The molecule has 4 nitrogen and oxygen atoms in total. The van der Waals surface area contributed by atoms with Crippen LogP contribution in [0.1, 0.15) is 51.9 Å². The van der Waals surface area contributed by atoms with Crippen molar-refractivity contribution in [2.24, 2.45) is 0 Å². The Kier molecular flexibility index (Phi) is 10.6. The van der Waals surface area contributed by atoms with E-state index < -0.39 is 0 Å². The summed E-state index contributed by atoms with van der Waals surface area (Å²) in [6.07, 6.45) is 14.3. The first-order valence-corrected chi connectivity index (χ1v) is 10.6. The van der Waals surface area contributed by atoms with Gasteiger partial charge in [0.25, 0.3) is 0 Å². The van der Waals surface area contributed by atoms with Gasteiger partial charge in [-0.05, 0) is 24.6 Å². The van der Waals surface area contributed by atoms with E-state index in [0.29, 0.717) is 28.9 Å². The van der Waals surface area contributed by atoms with Gasteiger partial charge < -0.3 is 14.0 Å². The molecule has 6 heteroatoms. The van der Waals surface area contributed by atoms with Gasteiger partial charge >= 0.3 is 0 Å². The Bertz CT molecular complexity index is 635. The highest BCUT2D eigenvalue weighted by Crippen LogP contribution is 2.27. The van der Waals surface area contributed by atoms with Gasteiger partial charge in [-0.2, -0.15) is 0 Å². The summed E-state index contributed by atoms with van der Waals surface area (Å²) in [6, 6.07) is 5.24. The van der Waals surface area contributed by atoms with Gasteiger partial charge in [0.1, 0.15) is 18.5 Å². The number of benzene rings is 1. The molecule has 0 bridgehead atoms. The first-order chi connectivity index (χ1) is 13.2. The number of imidazole rings is 1. The summed E-state index contributed by atoms with van der Waals surface area (Å²) in [5.74, 6) is 0.622. The molecule has 27 heavy (non-hydrogen) atoms. The summed E-state index contributed by atoms with van der Waals surface area (Å²) < 4.78 is 14.0. The maximum absolute atomic E-state index is 6.19. The molecule has 0 saturated carbocycles. The number of aromatic nitrogens is 2. The van der Waals surface area contributed by atoms with Crippen molar-refractivity contribution in [1.82, 2.24) is 9.55 Å². The number of hydrogen-bond acceptors (Lipinski definition) is 3. The smallest absolute Gasteiger partial charge is 0.138 e. The summed E-state index contributed by atoms with van der Waals surface area (Å²) >= 11 is 12.1. The van der Waals surface area contributed by atoms with E-state index in [1.807, 2.05) is 10.8 Å². The van der Waals surface area contributed by atoms with Crippen molar-refractivity contribution in [1.29, 1.82) is 0 Å². The number of rotatable bonds is 14. The van der Waals surface area contributed by atoms with Crippen LogP contribution >= 0.6 is 23.2 Å². The van der Waals surface area contributed by atoms with Gasteiger partial charge in [-0.3, -0.25) is 0 Å². The van der Waals surface area contributed by atoms with Crippen LogP contribution < -0.4 is 4.74 Å². The second-order valence-corrected chi connectivity index (χ2v) is 7.60. The van der Waals surface area contributed by atoms with E-state index in [1.165, 1.54) is 38.5 Å². The first-order valence-electron chi connectivity index (χ1n) is 9.84.